The van der Waals surface area contributed by atoms with Gasteiger partial charge in [0.25, 0.3) is 0 Å². The highest BCUT2D eigenvalue weighted by Gasteiger charge is 2.19. The summed E-state index contributed by atoms with van der Waals surface area (Å²) in [4.78, 5) is 4.19. The zero-order chi connectivity index (χ0) is 14.8. The van der Waals surface area contributed by atoms with Crippen molar-refractivity contribution in [1.29, 1.82) is 0 Å². The van der Waals surface area contributed by atoms with Gasteiger partial charge in [0.15, 0.2) is 0 Å². The van der Waals surface area contributed by atoms with Crippen molar-refractivity contribution in [3.63, 3.8) is 0 Å². The largest absolute Gasteiger partial charge is 0.495 e. The quantitative estimate of drug-likeness (QED) is 0.800. The van der Waals surface area contributed by atoms with Crippen molar-refractivity contribution in [1.82, 2.24) is 4.98 Å². The molecule has 0 saturated carbocycles. The summed E-state index contributed by atoms with van der Waals surface area (Å²) in [5, 5.41) is 11.8. The molecule has 0 bridgehead atoms. The average Bonchev–Trinajstić information content (AvgIpc) is 2.55. The van der Waals surface area contributed by atoms with Crippen LogP contribution in [0.15, 0.2) is 54.7 Å². The van der Waals surface area contributed by atoms with Gasteiger partial charge in [-0.1, -0.05) is 30.3 Å². The number of aromatic nitrogens is 1. The summed E-state index contributed by atoms with van der Waals surface area (Å²) < 4.78 is 19.1. The molecule has 1 unspecified atom stereocenters. The summed E-state index contributed by atoms with van der Waals surface area (Å²) in [6.45, 7) is 0. The summed E-state index contributed by atoms with van der Waals surface area (Å²) in [5.41, 5.74) is 1.01. The Balaban J connectivity index is 2.18. The SMILES string of the molecule is COc1cccnc1C(O)c1ccc(F)c2ccccc12. The number of halogens is 1. The minimum absolute atomic E-state index is 0.311. The topological polar surface area (TPSA) is 42.4 Å². The number of benzene rings is 2. The minimum atomic E-state index is -0.980. The molecule has 3 rings (SSSR count). The Bertz CT molecular complexity index is 789. The highest BCUT2D eigenvalue weighted by atomic mass is 19.1. The lowest BCUT2D eigenvalue weighted by molar-refractivity contribution is 0.210. The van der Waals surface area contributed by atoms with Crippen LogP contribution in [0.5, 0.6) is 5.75 Å². The van der Waals surface area contributed by atoms with Gasteiger partial charge in [0.05, 0.1) is 7.11 Å². The van der Waals surface area contributed by atoms with E-state index in [-0.39, 0.29) is 5.82 Å². The zero-order valence-electron chi connectivity index (χ0n) is 11.5. The molecule has 106 valence electrons. The molecule has 0 saturated heterocycles. The molecule has 0 fully saturated rings. The van der Waals surface area contributed by atoms with Gasteiger partial charge in [0.2, 0.25) is 0 Å². The normalized spacial score (nSPS) is 12.3. The van der Waals surface area contributed by atoms with E-state index in [1.165, 1.54) is 13.2 Å². The van der Waals surface area contributed by atoms with E-state index in [1.807, 2.05) is 6.07 Å². The van der Waals surface area contributed by atoms with Gasteiger partial charge in [-0.05, 0) is 29.1 Å². The van der Waals surface area contributed by atoms with Crippen molar-refractivity contribution in [2.45, 2.75) is 6.10 Å². The molecule has 0 radical (unpaired) electrons. The van der Waals surface area contributed by atoms with E-state index in [0.29, 0.717) is 27.8 Å². The smallest absolute Gasteiger partial charge is 0.143 e. The first-order chi connectivity index (χ1) is 10.2. The Labute approximate surface area is 121 Å². The van der Waals surface area contributed by atoms with Crippen LogP contribution in [0.2, 0.25) is 0 Å². The van der Waals surface area contributed by atoms with Gasteiger partial charge >= 0.3 is 0 Å². The third-order valence-electron chi connectivity index (χ3n) is 3.48. The van der Waals surface area contributed by atoms with Crippen molar-refractivity contribution in [3.05, 3.63) is 71.8 Å². The van der Waals surface area contributed by atoms with Crippen LogP contribution in [0.3, 0.4) is 0 Å². The molecule has 0 spiro atoms. The number of aliphatic hydroxyl groups is 1. The van der Waals surface area contributed by atoms with E-state index in [0.717, 1.165) is 0 Å². The van der Waals surface area contributed by atoms with Gasteiger partial charge in [-0.3, -0.25) is 4.98 Å². The highest BCUT2D eigenvalue weighted by molar-refractivity contribution is 5.87. The monoisotopic (exact) mass is 283 g/mol. The molecule has 0 aliphatic heterocycles. The molecule has 3 aromatic rings. The maximum atomic E-state index is 13.9. The number of nitrogens with zero attached hydrogens (tertiary/aromatic N) is 1. The second kappa shape index (κ2) is 5.50. The van der Waals surface area contributed by atoms with Crippen molar-refractivity contribution in [2.24, 2.45) is 0 Å². The fourth-order valence-corrected chi connectivity index (χ4v) is 2.45. The predicted octanol–water partition coefficient (Wildman–Crippen LogP) is 3.46. The van der Waals surface area contributed by atoms with Crippen LogP contribution in [0.25, 0.3) is 10.8 Å². The maximum absolute atomic E-state index is 13.9. The van der Waals surface area contributed by atoms with Crippen LogP contribution < -0.4 is 4.74 Å². The molecule has 21 heavy (non-hydrogen) atoms. The van der Waals surface area contributed by atoms with E-state index in [1.54, 1.807) is 42.6 Å². The van der Waals surface area contributed by atoms with Crippen LogP contribution in [0, 0.1) is 5.82 Å². The Morgan fingerprint density at radius 1 is 1.05 bits per heavy atom. The van der Waals surface area contributed by atoms with Crippen LogP contribution in [0.4, 0.5) is 4.39 Å². The molecule has 1 heterocycles. The van der Waals surface area contributed by atoms with Gasteiger partial charge < -0.3 is 9.84 Å². The Kier molecular flexibility index (Phi) is 3.54. The number of methoxy groups -OCH3 is 1. The number of hydrogen-bond acceptors (Lipinski definition) is 3. The van der Waals surface area contributed by atoms with Crippen molar-refractivity contribution in [2.75, 3.05) is 7.11 Å². The molecule has 3 nitrogen and oxygen atoms in total. The lowest BCUT2D eigenvalue weighted by atomic mass is 9.97. The van der Waals surface area contributed by atoms with E-state index >= 15 is 0 Å². The fourth-order valence-electron chi connectivity index (χ4n) is 2.45. The molecule has 2 aromatic carbocycles. The summed E-state index contributed by atoms with van der Waals surface area (Å²) in [7, 11) is 1.52. The second-order valence-corrected chi connectivity index (χ2v) is 4.68. The van der Waals surface area contributed by atoms with Crippen LogP contribution >= 0.6 is 0 Å². The first kappa shape index (κ1) is 13.5. The number of fused-ring (bicyclic) bond motifs is 1. The lowest BCUT2D eigenvalue weighted by Crippen LogP contribution is -2.05. The minimum Gasteiger partial charge on any atom is -0.495 e. The molecule has 0 aliphatic carbocycles. The molecule has 1 aromatic heterocycles. The van der Waals surface area contributed by atoms with Gasteiger partial charge in [0.1, 0.15) is 23.4 Å². The second-order valence-electron chi connectivity index (χ2n) is 4.68. The van der Waals surface area contributed by atoms with Crippen LogP contribution in [0.1, 0.15) is 17.4 Å². The average molecular weight is 283 g/mol. The molecule has 1 N–H and O–H groups in total. The highest BCUT2D eigenvalue weighted by Crippen LogP contribution is 2.33. The number of aliphatic hydroxyl groups excluding tert-OH is 1. The molecular formula is C17H14FNO2. The maximum Gasteiger partial charge on any atom is 0.143 e. The summed E-state index contributed by atoms with van der Waals surface area (Å²) in [5.74, 6) is 0.188. The van der Waals surface area contributed by atoms with Crippen molar-refractivity contribution in [3.8, 4) is 5.75 Å². The van der Waals surface area contributed by atoms with E-state index in [2.05, 4.69) is 4.98 Å². The Hall–Kier alpha value is -2.46. The summed E-state index contributed by atoms with van der Waals surface area (Å²) >= 11 is 0. The Morgan fingerprint density at radius 3 is 2.57 bits per heavy atom. The molecule has 1 atom stereocenters. The van der Waals surface area contributed by atoms with Crippen LogP contribution in [-0.4, -0.2) is 17.2 Å². The standard InChI is InChI=1S/C17H14FNO2/c1-21-15-7-4-10-19-16(15)17(20)13-8-9-14(18)12-6-3-2-5-11(12)13/h2-10,17,20H,1H3. The van der Waals surface area contributed by atoms with Gasteiger partial charge in [-0.25, -0.2) is 4.39 Å². The fraction of sp³-hybridized carbons (Fsp3) is 0.118. The van der Waals surface area contributed by atoms with E-state index in [9.17, 15) is 9.50 Å². The lowest BCUT2D eigenvalue weighted by Gasteiger charge is -2.16. The Morgan fingerprint density at radius 2 is 1.81 bits per heavy atom. The number of rotatable bonds is 3. The van der Waals surface area contributed by atoms with Gasteiger partial charge in [-0.15, -0.1) is 0 Å². The van der Waals surface area contributed by atoms with E-state index in [4.69, 9.17) is 4.74 Å². The molecule has 4 heteroatoms. The third-order valence-corrected chi connectivity index (χ3v) is 3.48. The summed E-state index contributed by atoms with van der Waals surface area (Å²) in [6.07, 6.45) is 0.610. The zero-order valence-corrected chi connectivity index (χ0v) is 11.5. The van der Waals surface area contributed by atoms with Gasteiger partial charge in [-0.2, -0.15) is 0 Å². The molecular weight excluding hydrogens is 269 g/mol. The van der Waals surface area contributed by atoms with Crippen LogP contribution in [-0.2, 0) is 0 Å². The van der Waals surface area contributed by atoms with Gasteiger partial charge in [0, 0.05) is 11.6 Å². The third kappa shape index (κ3) is 2.34. The number of hydrogen-bond donors (Lipinski definition) is 1. The first-order valence-corrected chi connectivity index (χ1v) is 6.56. The molecule has 0 amide bonds. The number of ether oxygens (including phenoxy) is 1. The molecule has 0 aliphatic rings. The summed E-state index contributed by atoms with van der Waals surface area (Å²) in [6, 6.07) is 13.5. The predicted molar refractivity (Wildman–Crippen MR) is 78.8 cm³/mol. The first-order valence-electron chi connectivity index (χ1n) is 6.56. The van der Waals surface area contributed by atoms with Crippen molar-refractivity contribution >= 4 is 10.8 Å². The van der Waals surface area contributed by atoms with E-state index < -0.39 is 6.10 Å². The number of pyridine rings is 1. The van der Waals surface area contributed by atoms with Crippen molar-refractivity contribution < 1.29 is 14.2 Å².